The van der Waals surface area contributed by atoms with E-state index in [0.29, 0.717) is 13.0 Å². The third-order valence-corrected chi connectivity index (χ3v) is 3.82. The van der Waals surface area contributed by atoms with E-state index in [1.54, 1.807) is 0 Å². The van der Waals surface area contributed by atoms with Crippen LogP contribution in [0.3, 0.4) is 0 Å². The Labute approximate surface area is 109 Å². The largest absolute Gasteiger partial charge is 0.465 e. The molecule has 0 aromatic heterocycles. The highest BCUT2D eigenvalue weighted by molar-refractivity contribution is 5.75. The Kier molecular flexibility index (Phi) is 4.97. The van der Waals surface area contributed by atoms with Gasteiger partial charge in [-0.25, -0.2) is 0 Å². The van der Waals surface area contributed by atoms with Crippen LogP contribution in [0.4, 0.5) is 0 Å². The minimum absolute atomic E-state index is 0.269. The maximum Gasteiger partial charge on any atom is 0.322 e. The third-order valence-electron chi connectivity index (χ3n) is 3.82. The van der Waals surface area contributed by atoms with Gasteiger partial charge < -0.3 is 15.4 Å². The Bertz CT molecular complexity index is 273. The molecule has 1 unspecified atom stereocenters. The van der Waals surface area contributed by atoms with Crippen LogP contribution in [0.25, 0.3) is 0 Å². The predicted octanol–water partition coefficient (Wildman–Crippen LogP) is 0.0469. The lowest BCUT2D eigenvalue weighted by molar-refractivity contribution is -0.144. The van der Waals surface area contributed by atoms with E-state index in [-0.39, 0.29) is 5.97 Å². The molecule has 2 aliphatic rings. The monoisotopic (exact) mass is 255 g/mol. The zero-order valence-corrected chi connectivity index (χ0v) is 11.3. The Morgan fingerprint density at radius 1 is 1.33 bits per heavy atom. The van der Waals surface area contributed by atoms with Gasteiger partial charge in [-0.15, -0.1) is 0 Å². The standard InChI is InChI=1S/C13H25N3O2/c1-2-18-13(17)12(14)5-6-15-7-9-16(10-8-15)11-3-4-11/h11-12H,2-10,14H2,1H3. The molecule has 2 fully saturated rings. The number of hydrogen-bond acceptors (Lipinski definition) is 5. The number of nitrogens with two attached hydrogens (primary N) is 1. The molecule has 0 bridgehead atoms. The van der Waals surface area contributed by atoms with E-state index in [1.165, 1.54) is 25.9 Å². The molecule has 0 radical (unpaired) electrons. The maximum absolute atomic E-state index is 11.4. The first-order valence-electron chi connectivity index (χ1n) is 7.09. The molecule has 5 heteroatoms. The molecule has 0 spiro atoms. The Hall–Kier alpha value is -0.650. The Balaban J connectivity index is 1.60. The highest BCUT2D eigenvalue weighted by Gasteiger charge is 2.31. The summed E-state index contributed by atoms with van der Waals surface area (Å²) < 4.78 is 4.91. The highest BCUT2D eigenvalue weighted by Crippen LogP contribution is 2.27. The average molecular weight is 255 g/mol. The second kappa shape index (κ2) is 6.50. The molecule has 1 heterocycles. The number of ether oxygens (including phenoxy) is 1. The van der Waals surface area contributed by atoms with Gasteiger partial charge in [-0.2, -0.15) is 0 Å². The van der Waals surface area contributed by atoms with Crippen LogP contribution >= 0.6 is 0 Å². The van der Waals surface area contributed by atoms with Gasteiger partial charge in [-0.05, 0) is 26.2 Å². The van der Waals surface area contributed by atoms with Gasteiger partial charge in [0.15, 0.2) is 0 Å². The van der Waals surface area contributed by atoms with Crippen molar-refractivity contribution in [1.29, 1.82) is 0 Å². The number of nitrogens with zero attached hydrogens (tertiary/aromatic N) is 2. The van der Waals surface area contributed by atoms with Gasteiger partial charge in [-0.3, -0.25) is 9.69 Å². The SMILES string of the molecule is CCOC(=O)C(N)CCN1CCN(C2CC2)CC1. The van der Waals surface area contributed by atoms with Crippen LogP contribution in [0.15, 0.2) is 0 Å². The lowest BCUT2D eigenvalue weighted by Gasteiger charge is -2.35. The van der Waals surface area contributed by atoms with Crippen molar-refractivity contribution in [2.24, 2.45) is 5.73 Å². The van der Waals surface area contributed by atoms with Crippen molar-refractivity contribution in [1.82, 2.24) is 9.80 Å². The molecular weight excluding hydrogens is 230 g/mol. The van der Waals surface area contributed by atoms with Crippen LogP contribution in [0, 0.1) is 0 Å². The van der Waals surface area contributed by atoms with E-state index in [0.717, 1.165) is 25.7 Å². The second-order valence-electron chi connectivity index (χ2n) is 5.26. The lowest BCUT2D eigenvalue weighted by atomic mass is 10.2. The Morgan fingerprint density at radius 2 is 2.00 bits per heavy atom. The van der Waals surface area contributed by atoms with Gasteiger partial charge >= 0.3 is 5.97 Å². The smallest absolute Gasteiger partial charge is 0.322 e. The van der Waals surface area contributed by atoms with E-state index in [1.807, 2.05) is 6.92 Å². The molecule has 1 atom stereocenters. The third kappa shape index (κ3) is 3.93. The van der Waals surface area contributed by atoms with Gasteiger partial charge in [0.25, 0.3) is 0 Å². The summed E-state index contributed by atoms with van der Waals surface area (Å²) in [5, 5.41) is 0. The molecule has 1 aliphatic carbocycles. The molecule has 0 amide bonds. The van der Waals surface area contributed by atoms with Crippen molar-refractivity contribution >= 4 is 5.97 Å². The number of carbonyl (C=O) groups excluding carboxylic acids is 1. The topological polar surface area (TPSA) is 58.8 Å². The van der Waals surface area contributed by atoms with Crippen LogP contribution < -0.4 is 5.73 Å². The van der Waals surface area contributed by atoms with Gasteiger partial charge in [0.1, 0.15) is 6.04 Å². The van der Waals surface area contributed by atoms with Crippen LogP contribution in [-0.2, 0) is 9.53 Å². The number of piperazine rings is 1. The van der Waals surface area contributed by atoms with Crippen molar-refractivity contribution in [2.45, 2.75) is 38.3 Å². The Morgan fingerprint density at radius 3 is 2.56 bits per heavy atom. The molecule has 18 heavy (non-hydrogen) atoms. The number of rotatable bonds is 6. The van der Waals surface area contributed by atoms with Crippen LogP contribution in [0.2, 0.25) is 0 Å². The zero-order valence-electron chi connectivity index (χ0n) is 11.3. The first-order chi connectivity index (χ1) is 8.70. The van der Waals surface area contributed by atoms with Gasteiger partial charge in [0.05, 0.1) is 6.61 Å². The van der Waals surface area contributed by atoms with E-state index in [9.17, 15) is 4.79 Å². The molecule has 0 aromatic carbocycles. The fourth-order valence-corrected chi connectivity index (χ4v) is 2.48. The molecule has 1 saturated carbocycles. The minimum Gasteiger partial charge on any atom is -0.465 e. The van der Waals surface area contributed by atoms with E-state index < -0.39 is 6.04 Å². The quantitative estimate of drug-likeness (QED) is 0.680. The number of carbonyl (C=O) groups is 1. The van der Waals surface area contributed by atoms with E-state index in [4.69, 9.17) is 10.5 Å². The summed E-state index contributed by atoms with van der Waals surface area (Å²) in [4.78, 5) is 16.4. The summed E-state index contributed by atoms with van der Waals surface area (Å²) in [6.07, 6.45) is 3.46. The summed E-state index contributed by atoms with van der Waals surface area (Å²) in [5.74, 6) is -0.269. The molecule has 104 valence electrons. The minimum atomic E-state index is -0.466. The molecule has 2 N–H and O–H groups in total. The lowest BCUT2D eigenvalue weighted by Crippen LogP contribution is -2.48. The average Bonchev–Trinajstić information content (AvgIpc) is 3.21. The predicted molar refractivity (Wildman–Crippen MR) is 70.3 cm³/mol. The van der Waals surface area contributed by atoms with E-state index in [2.05, 4.69) is 9.80 Å². The zero-order chi connectivity index (χ0) is 13.0. The van der Waals surface area contributed by atoms with Crippen molar-refractivity contribution < 1.29 is 9.53 Å². The maximum atomic E-state index is 11.4. The summed E-state index contributed by atoms with van der Waals surface area (Å²) in [6, 6.07) is 0.403. The summed E-state index contributed by atoms with van der Waals surface area (Å²) in [5.41, 5.74) is 5.79. The van der Waals surface area contributed by atoms with Crippen molar-refractivity contribution in [2.75, 3.05) is 39.3 Å². The number of hydrogen-bond donors (Lipinski definition) is 1. The summed E-state index contributed by atoms with van der Waals surface area (Å²) >= 11 is 0. The molecule has 0 aromatic rings. The first-order valence-corrected chi connectivity index (χ1v) is 7.09. The number of esters is 1. The summed E-state index contributed by atoms with van der Waals surface area (Å²) in [7, 11) is 0. The van der Waals surface area contributed by atoms with Crippen molar-refractivity contribution in [3.8, 4) is 0 Å². The first kappa shape index (κ1) is 13.8. The normalized spacial score (nSPS) is 23.9. The molecule has 2 rings (SSSR count). The van der Waals surface area contributed by atoms with Crippen LogP contribution in [0.1, 0.15) is 26.2 Å². The fraction of sp³-hybridized carbons (Fsp3) is 0.923. The van der Waals surface area contributed by atoms with Crippen LogP contribution in [0.5, 0.6) is 0 Å². The van der Waals surface area contributed by atoms with Gasteiger partial charge in [0, 0.05) is 38.8 Å². The van der Waals surface area contributed by atoms with E-state index >= 15 is 0 Å². The highest BCUT2D eigenvalue weighted by atomic mass is 16.5. The molecule has 1 saturated heterocycles. The van der Waals surface area contributed by atoms with Gasteiger partial charge in [-0.1, -0.05) is 0 Å². The molecule has 1 aliphatic heterocycles. The van der Waals surface area contributed by atoms with Crippen LogP contribution in [-0.4, -0.2) is 67.2 Å². The summed E-state index contributed by atoms with van der Waals surface area (Å²) in [6.45, 7) is 7.66. The molecule has 5 nitrogen and oxygen atoms in total. The fourth-order valence-electron chi connectivity index (χ4n) is 2.48. The molecular formula is C13H25N3O2. The van der Waals surface area contributed by atoms with Crippen molar-refractivity contribution in [3.05, 3.63) is 0 Å². The van der Waals surface area contributed by atoms with Crippen molar-refractivity contribution in [3.63, 3.8) is 0 Å². The van der Waals surface area contributed by atoms with Gasteiger partial charge in [0.2, 0.25) is 0 Å². The second-order valence-corrected chi connectivity index (χ2v) is 5.26.